The summed E-state index contributed by atoms with van der Waals surface area (Å²) < 4.78 is 13.1. The van der Waals surface area contributed by atoms with E-state index in [0.29, 0.717) is 11.6 Å². The van der Waals surface area contributed by atoms with Crippen LogP contribution in [0.25, 0.3) is 0 Å². The quantitative estimate of drug-likeness (QED) is 0.860. The van der Waals surface area contributed by atoms with E-state index >= 15 is 0 Å². The summed E-state index contributed by atoms with van der Waals surface area (Å²) in [5.74, 6) is 0.172. The zero-order valence-corrected chi connectivity index (χ0v) is 9.15. The molecule has 0 saturated heterocycles. The molecule has 0 aliphatic heterocycles. The Balaban J connectivity index is 0.000000845. The van der Waals surface area contributed by atoms with Crippen molar-refractivity contribution >= 4 is 24.8 Å². The van der Waals surface area contributed by atoms with E-state index in [1.54, 1.807) is 12.3 Å². The van der Waals surface area contributed by atoms with E-state index in [4.69, 9.17) is 5.73 Å². The van der Waals surface area contributed by atoms with Gasteiger partial charge in [0.2, 0.25) is 0 Å². The van der Waals surface area contributed by atoms with Gasteiger partial charge in [0.15, 0.2) is 0 Å². The van der Waals surface area contributed by atoms with Gasteiger partial charge in [-0.3, -0.25) is 4.98 Å². The molecule has 1 heterocycles. The standard InChI is InChI=1S/C9H11FN2.2ClH/c10-7-2-1-5-12-9(7)8(11)6-3-4-6;;/h1-2,5-6,8H,3-4,11H2;2*1H. The van der Waals surface area contributed by atoms with Crippen LogP contribution in [0, 0.1) is 11.7 Å². The number of nitrogens with two attached hydrogens (primary N) is 1. The van der Waals surface area contributed by atoms with Crippen molar-refractivity contribution in [3.05, 3.63) is 29.8 Å². The van der Waals surface area contributed by atoms with Gasteiger partial charge in [0.1, 0.15) is 5.82 Å². The van der Waals surface area contributed by atoms with Gasteiger partial charge in [-0.1, -0.05) is 0 Å². The SMILES string of the molecule is Cl.Cl.NC(c1ncccc1F)C1CC1. The normalized spacial score (nSPS) is 16.4. The summed E-state index contributed by atoms with van der Waals surface area (Å²) in [5.41, 5.74) is 6.22. The van der Waals surface area contributed by atoms with Crippen molar-refractivity contribution in [2.75, 3.05) is 0 Å². The Morgan fingerprint density at radius 3 is 2.57 bits per heavy atom. The molecular formula is C9H13Cl2FN2. The summed E-state index contributed by atoms with van der Waals surface area (Å²) in [5, 5.41) is 0. The van der Waals surface area contributed by atoms with Gasteiger partial charge in [0.25, 0.3) is 0 Å². The van der Waals surface area contributed by atoms with E-state index in [0.717, 1.165) is 12.8 Å². The average Bonchev–Trinajstić information content (AvgIpc) is 2.86. The Labute approximate surface area is 94.9 Å². The number of aromatic nitrogens is 1. The molecular weight excluding hydrogens is 226 g/mol. The third-order valence-electron chi connectivity index (χ3n) is 2.23. The molecule has 0 aromatic carbocycles. The maximum atomic E-state index is 13.1. The Morgan fingerprint density at radius 1 is 1.43 bits per heavy atom. The fraction of sp³-hybridized carbons (Fsp3) is 0.444. The molecule has 2 N–H and O–H groups in total. The third-order valence-corrected chi connectivity index (χ3v) is 2.23. The van der Waals surface area contributed by atoms with Crippen LogP contribution in [0.5, 0.6) is 0 Å². The maximum absolute atomic E-state index is 13.1. The van der Waals surface area contributed by atoms with Crippen molar-refractivity contribution in [3.63, 3.8) is 0 Å². The molecule has 1 aromatic rings. The van der Waals surface area contributed by atoms with E-state index in [-0.39, 0.29) is 36.7 Å². The van der Waals surface area contributed by atoms with Gasteiger partial charge in [-0.05, 0) is 30.9 Å². The van der Waals surface area contributed by atoms with Crippen LogP contribution in [0.3, 0.4) is 0 Å². The number of hydrogen-bond acceptors (Lipinski definition) is 2. The second kappa shape index (κ2) is 5.49. The monoisotopic (exact) mass is 238 g/mol. The molecule has 0 radical (unpaired) electrons. The molecule has 0 bridgehead atoms. The Hall–Kier alpha value is -0.380. The van der Waals surface area contributed by atoms with Crippen LogP contribution in [0.4, 0.5) is 4.39 Å². The van der Waals surface area contributed by atoms with Gasteiger partial charge in [0.05, 0.1) is 11.7 Å². The maximum Gasteiger partial charge on any atom is 0.146 e. The number of rotatable bonds is 2. The van der Waals surface area contributed by atoms with Gasteiger partial charge in [-0.15, -0.1) is 24.8 Å². The molecule has 1 fully saturated rings. The summed E-state index contributed by atoms with van der Waals surface area (Å²) >= 11 is 0. The molecule has 0 spiro atoms. The second-order valence-corrected chi connectivity index (χ2v) is 3.23. The van der Waals surface area contributed by atoms with E-state index in [1.807, 2.05) is 0 Å². The zero-order chi connectivity index (χ0) is 8.55. The first-order valence-corrected chi connectivity index (χ1v) is 4.15. The Kier molecular flexibility index (Phi) is 5.34. The minimum Gasteiger partial charge on any atom is -0.322 e. The van der Waals surface area contributed by atoms with Crippen LogP contribution in [-0.2, 0) is 0 Å². The van der Waals surface area contributed by atoms with E-state index in [9.17, 15) is 4.39 Å². The van der Waals surface area contributed by atoms with Crippen LogP contribution in [0.15, 0.2) is 18.3 Å². The van der Waals surface area contributed by atoms with Crippen LogP contribution in [-0.4, -0.2) is 4.98 Å². The van der Waals surface area contributed by atoms with Crippen molar-refractivity contribution in [3.8, 4) is 0 Å². The molecule has 1 saturated carbocycles. The lowest BCUT2D eigenvalue weighted by Gasteiger charge is -2.09. The van der Waals surface area contributed by atoms with Crippen LogP contribution in [0.2, 0.25) is 0 Å². The van der Waals surface area contributed by atoms with Gasteiger partial charge in [0, 0.05) is 6.20 Å². The van der Waals surface area contributed by atoms with Crippen LogP contribution < -0.4 is 5.73 Å². The lowest BCUT2D eigenvalue weighted by molar-refractivity contribution is 0.536. The first-order valence-electron chi connectivity index (χ1n) is 4.15. The zero-order valence-electron chi connectivity index (χ0n) is 7.52. The van der Waals surface area contributed by atoms with E-state index in [1.165, 1.54) is 6.07 Å². The number of nitrogens with zero attached hydrogens (tertiary/aromatic N) is 1. The largest absolute Gasteiger partial charge is 0.322 e. The Morgan fingerprint density at radius 2 is 2.07 bits per heavy atom. The van der Waals surface area contributed by atoms with Crippen molar-refractivity contribution in [1.29, 1.82) is 0 Å². The van der Waals surface area contributed by atoms with Crippen molar-refractivity contribution < 1.29 is 4.39 Å². The molecule has 0 amide bonds. The fourth-order valence-corrected chi connectivity index (χ4v) is 1.32. The number of halogens is 3. The highest BCUT2D eigenvalue weighted by molar-refractivity contribution is 5.85. The number of pyridine rings is 1. The van der Waals surface area contributed by atoms with Crippen LogP contribution in [0.1, 0.15) is 24.6 Å². The molecule has 80 valence electrons. The van der Waals surface area contributed by atoms with Crippen molar-refractivity contribution in [2.24, 2.45) is 11.7 Å². The summed E-state index contributed by atoms with van der Waals surface area (Å²) in [6.45, 7) is 0. The molecule has 1 atom stereocenters. The lowest BCUT2D eigenvalue weighted by Crippen LogP contribution is -2.15. The predicted octanol–water partition coefficient (Wildman–Crippen LogP) is 2.47. The van der Waals surface area contributed by atoms with Gasteiger partial charge in [-0.25, -0.2) is 4.39 Å². The molecule has 2 rings (SSSR count). The topological polar surface area (TPSA) is 38.9 Å². The minimum atomic E-state index is -0.281. The Bertz CT molecular complexity index is 292. The highest BCUT2D eigenvalue weighted by Gasteiger charge is 2.31. The lowest BCUT2D eigenvalue weighted by atomic mass is 10.1. The molecule has 1 aromatic heterocycles. The van der Waals surface area contributed by atoms with Gasteiger partial charge < -0.3 is 5.73 Å². The highest BCUT2D eigenvalue weighted by atomic mass is 35.5. The molecule has 5 heteroatoms. The molecule has 1 unspecified atom stereocenters. The fourth-order valence-electron chi connectivity index (χ4n) is 1.32. The van der Waals surface area contributed by atoms with E-state index in [2.05, 4.69) is 4.98 Å². The second-order valence-electron chi connectivity index (χ2n) is 3.23. The summed E-state index contributed by atoms with van der Waals surface area (Å²) in [6.07, 6.45) is 3.80. The molecule has 1 aliphatic rings. The summed E-state index contributed by atoms with van der Waals surface area (Å²) in [7, 11) is 0. The first kappa shape index (κ1) is 13.6. The highest BCUT2D eigenvalue weighted by Crippen LogP contribution is 2.39. The van der Waals surface area contributed by atoms with Crippen molar-refractivity contribution in [2.45, 2.75) is 18.9 Å². The molecule has 14 heavy (non-hydrogen) atoms. The smallest absolute Gasteiger partial charge is 0.146 e. The first-order chi connectivity index (χ1) is 5.79. The van der Waals surface area contributed by atoms with Gasteiger partial charge >= 0.3 is 0 Å². The average molecular weight is 239 g/mol. The summed E-state index contributed by atoms with van der Waals surface area (Å²) in [6, 6.07) is 2.79. The number of hydrogen-bond donors (Lipinski definition) is 1. The third kappa shape index (κ3) is 2.80. The van der Waals surface area contributed by atoms with Crippen molar-refractivity contribution in [1.82, 2.24) is 4.98 Å². The minimum absolute atomic E-state index is 0. The van der Waals surface area contributed by atoms with E-state index < -0.39 is 0 Å². The molecule has 2 nitrogen and oxygen atoms in total. The van der Waals surface area contributed by atoms with Crippen LogP contribution >= 0.6 is 24.8 Å². The molecule has 1 aliphatic carbocycles. The van der Waals surface area contributed by atoms with Gasteiger partial charge in [-0.2, -0.15) is 0 Å². The predicted molar refractivity (Wildman–Crippen MR) is 58.3 cm³/mol. The summed E-state index contributed by atoms with van der Waals surface area (Å²) in [4.78, 5) is 3.94.